The molecule has 6 heterocycles. The SMILES string of the molecule is Fc1ccc2[nH]ccc2c1-c1nc(N2CCOCC2)c2sc(CN3CCC4(CC3)CNCCO4)cc2n1. The summed E-state index contributed by atoms with van der Waals surface area (Å²) in [5.41, 5.74) is 2.21. The van der Waals surface area contributed by atoms with Gasteiger partial charge in [-0.05, 0) is 37.1 Å². The number of benzene rings is 1. The largest absolute Gasteiger partial charge is 0.378 e. The first-order valence-corrected chi connectivity index (χ1v) is 14.0. The van der Waals surface area contributed by atoms with Crippen LogP contribution in [0.3, 0.4) is 0 Å². The van der Waals surface area contributed by atoms with E-state index in [1.54, 1.807) is 17.4 Å². The van der Waals surface area contributed by atoms with Crippen LogP contribution in [0.5, 0.6) is 0 Å². The van der Waals surface area contributed by atoms with Gasteiger partial charge < -0.3 is 24.7 Å². The van der Waals surface area contributed by atoms with Gasteiger partial charge in [-0.1, -0.05) is 0 Å². The van der Waals surface area contributed by atoms with Gasteiger partial charge in [-0.2, -0.15) is 0 Å². The van der Waals surface area contributed by atoms with E-state index >= 15 is 4.39 Å². The van der Waals surface area contributed by atoms with Gasteiger partial charge >= 0.3 is 0 Å². The zero-order chi connectivity index (χ0) is 24.8. The van der Waals surface area contributed by atoms with E-state index < -0.39 is 0 Å². The molecular formula is C27H31FN6O2S. The highest BCUT2D eigenvalue weighted by Crippen LogP contribution is 2.38. The molecule has 0 aliphatic carbocycles. The quantitative estimate of drug-likeness (QED) is 0.423. The minimum absolute atomic E-state index is 0.00210. The van der Waals surface area contributed by atoms with E-state index in [-0.39, 0.29) is 11.4 Å². The number of piperidine rings is 1. The Labute approximate surface area is 218 Å². The van der Waals surface area contributed by atoms with Crippen molar-refractivity contribution >= 4 is 38.3 Å². The third-order valence-electron chi connectivity index (χ3n) is 7.90. The molecule has 0 bridgehead atoms. The molecule has 3 aliphatic heterocycles. The monoisotopic (exact) mass is 522 g/mol. The molecule has 10 heteroatoms. The van der Waals surface area contributed by atoms with Gasteiger partial charge in [0.05, 0.1) is 41.2 Å². The van der Waals surface area contributed by atoms with Gasteiger partial charge in [0, 0.05) is 67.8 Å². The van der Waals surface area contributed by atoms with Gasteiger partial charge in [-0.15, -0.1) is 11.3 Å². The number of aromatic amines is 1. The maximum absolute atomic E-state index is 15.2. The van der Waals surface area contributed by atoms with Crippen LogP contribution >= 0.6 is 11.3 Å². The van der Waals surface area contributed by atoms with E-state index in [0.717, 1.165) is 92.2 Å². The third-order valence-corrected chi connectivity index (χ3v) is 9.01. The number of halogens is 1. The average molecular weight is 523 g/mol. The van der Waals surface area contributed by atoms with Crippen LogP contribution in [0.2, 0.25) is 0 Å². The molecule has 3 aliphatic rings. The lowest BCUT2D eigenvalue weighted by molar-refractivity contribution is -0.100. The maximum atomic E-state index is 15.2. The van der Waals surface area contributed by atoms with Crippen molar-refractivity contribution in [2.45, 2.75) is 25.0 Å². The number of likely N-dealkylation sites (tertiary alicyclic amines) is 1. The Balaban J connectivity index is 1.23. The van der Waals surface area contributed by atoms with Crippen LogP contribution in [0.25, 0.3) is 32.5 Å². The average Bonchev–Trinajstić information content (AvgIpc) is 3.57. The first kappa shape index (κ1) is 23.5. The fraction of sp³-hybridized carbons (Fsp3) is 0.481. The minimum atomic E-state index is -0.309. The number of thiophene rings is 1. The molecule has 4 aromatic rings. The second-order valence-corrected chi connectivity index (χ2v) is 11.4. The topological polar surface area (TPSA) is 78.5 Å². The Morgan fingerprint density at radius 3 is 2.73 bits per heavy atom. The first-order valence-electron chi connectivity index (χ1n) is 13.1. The Kier molecular flexibility index (Phi) is 6.09. The fourth-order valence-electron chi connectivity index (χ4n) is 5.84. The molecule has 3 fully saturated rings. The number of fused-ring (bicyclic) bond motifs is 2. The van der Waals surface area contributed by atoms with E-state index in [2.05, 4.69) is 26.2 Å². The van der Waals surface area contributed by atoms with Crippen LogP contribution in [0.15, 0.2) is 30.5 Å². The van der Waals surface area contributed by atoms with Crippen LogP contribution in [-0.2, 0) is 16.0 Å². The third kappa shape index (κ3) is 4.40. The van der Waals surface area contributed by atoms with Crippen molar-refractivity contribution < 1.29 is 13.9 Å². The van der Waals surface area contributed by atoms with E-state index in [1.807, 2.05) is 12.3 Å². The number of hydrogen-bond acceptors (Lipinski definition) is 8. The predicted molar refractivity (Wildman–Crippen MR) is 144 cm³/mol. The summed E-state index contributed by atoms with van der Waals surface area (Å²) in [5.74, 6) is 1.00. The van der Waals surface area contributed by atoms with Crippen molar-refractivity contribution in [3.8, 4) is 11.4 Å². The highest BCUT2D eigenvalue weighted by Gasteiger charge is 2.37. The summed E-state index contributed by atoms with van der Waals surface area (Å²) in [6.07, 6.45) is 3.93. The van der Waals surface area contributed by atoms with Gasteiger partial charge in [0.1, 0.15) is 5.82 Å². The first-order chi connectivity index (χ1) is 18.2. The van der Waals surface area contributed by atoms with Gasteiger partial charge in [0.2, 0.25) is 0 Å². The normalized spacial score (nSPS) is 20.8. The highest BCUT2D eigenvalue weighted by molar-refractivity contribution is 7.19. The molecule has 8 nitrogen and oxygen atoms in total. The van der Waals surface area contributed by atoms with E-state index in [4.69, 9.17) is 19.4 Å². The smallest absolute Gasteiger partial charge is 0.165 e. The summed E-state index contributed by atoms with van der Waals surface area (Å²) < 4.78 is 28.0. The number of anilines is 1. The predicted octanol–water partition coefficient (Wildman–Crippen LogP) is 3.77. The molecule has 1 spiro atoms. The van der Waals surface area contributed by atoms with Crippen LogP contribution < -0.4 is 10.2 Å². The lowest BCUT2D eigenvalue weighted by Gasteiger charge is -2.44. The Hall–Kier alpha value is -2.63. The fourth-order valence-corrected chi connectivity index (χ4v) is 7.00. The standard InChI is InChI=1S/C27H31FN6O2S/c28-20-1-2-21-19(3-6-30-21)23(20)25-31-22-15-18(37-24(22)26(32-25)34-10-13-35-14-11-34)16-33-8-4-27(5-9-33)17-29-7-12-36-27/h1-3,6,15,29-30H,4-5,7-14,16-17H2. The molecule has 3 aromatic heterocycles. The van der Waals surface area contributed by atoms with E-state index in [9.17, 15) is 0 Å². The van der Waals surface area contributed by atoms with Gasteiger partial charge in [0.15, 0.2) is 11.6 Å². The van der Waals surface area contributed by atoms with Crippen LogP contribution in [0, 0.1) is 5.82 Å². The number of H-pyrrole nitrogens is 1. The summed E-state index contributed by atoms with van der Waals surface area (Å²) in [4.78, 5) is 19.1. The van der Waals surface area contributed by atoms with Crippen molar-refractivity contribution in [3.63, 3.8) is 0 Å². The van der Waals surface area contributed by atoms with E-state index in [1.165, 1.54) is 10.9 Å². The van der Waals surface area contributed by atoms with Crippen LogP contribution in [-0.4, -0.2) is 84.5 Å². The lowest BCUT2D eigenvalue weighted by Crippen LogP contribution is -2.55. The molecule has 1 aromatic carbocycles. The molecule has 0 radical (unpaired) electrons. The zero-order valence-electron chi connectivity index (χ0n) is 20.8. The molecule has 37 heavy (non-hydrogen) atoms. The Bertz CT molecular complexity index is 1420. The highest BCUT2D eigenvalue weighted by atomic mass is 32.1. The second kappa shape index (κ2) is 9.59. The van der Waals surface area contributed by atoms with Gasteiger partial charge in [-0.25, -0.2) is 14.4 Å². The van der Waals surface area contributed by atoms with Crippen molar-refractivity contribution in [1.29, 1.82) is 0 Å². The Morgan fingerprint density at radius 2 is 1.92 bits per heavy atom. The summed E-state index contributed by atoms with van der Waals surface area (Å²) in [7, 11) is 0. The number of morpholine rings is 2. The second-order valence-electron chi connectivity index (χ2n) is 10.2. The lowest BCUT2D eigenvalue weighted by atomic mass is 9.90. The molecular weight excluding hydrogens is 491 g/mol. The number of aromatic nitrogens is 3. The maximum Gasteiger partial charge on any atom is 0.165 e. The number of ether oxygens (including phenoxy) is 2. The molecule has 194 valence electrons. The Morgan fingerprint density at radius 1 is 1.05 bits per heavy atom. The van der Waals surface area contributed by atoms with Crippen molar-refractivity contribution in [2.24, 2.45) is 0 Å². The summed E-state index contributed by atoms with van der Waals surface area (Å²) in [6, 6.07) is 7.32. The summed E-state index contributed by atoms with van der Waals surface area (Å²) in [5, 5.41) is 4.29. The molecule has 3 saturated heterocycles. The van der Waals surface area contributed by atoms with E-state index in [0.29, 0.717) is 24.6 Å². The number of rotatable bonds is 4. The molecule has 2 N–H and O–H groups in total. The van der Waals surface area contributed by atoms with Crippen LogP contribution in [0.4, 0.5) is 10.2 Å². The molecule has 0 amide bonds. The van der Waals surface area contributed by atoms with Gasteiger partial charge in [0.25, 0.3) is 0 Å². The molecule has 0 saturated carbocycles. The molecule has 0 atom stereocenters. The molecule has 7 rings (SSSR count). The minimum Gasteiger partial charge on any atom is -0.378 e. The summed E-state index contributed by atoms with van der Waals surface area (Å²) >= 11 is 1.76. The van der Waals surface area contributed by atoms with Gasteiger partial charge in [-0.3, -0.25) is 4.90 Å². The zero-order valence-corrected chi connectivity index (χ0v) is 21.6. The molecule has 0 unspecified atom stereocenters. The van der Waals surface area contributed by atoms with Crippen molar-refractivity contribution in [1.82, 2.24) is 25.2 Å². The van der Waals surface area contributed by atoms with Crippen molar-refractivity contribution in [3.05, 3.63) is 41.2 Å². The summed E-state index contributed by atoms with van der Waals surface area (Å²) in [6.45, 7) is 8.46. The van der Waals surface area contributed by atoms with Crippen molar-refractivity contribution in [2.75, 3.05) is 64.0 Å². The number of nitrogens with one attached hydrogen (secondary N) is 2. The van der Waals surface area contributed by atoms with Crippen LogP contribution in [0.1, 0.15) is 17.7 Å². The number of nitrogens with zero attached hydrogens (tertiary/aromatic N) is 4. The number of hydrogen-bond donors (Lipinski definition) is 2.